The molecule has 4 aromatic rings. The molecule has 8 heteroatoms. The highest BCUT2D eigenvalue weighted by Gasteiger charge is 2.30. The molecule has 0 aliphatic heterocycles. The Labute approximate surface area is 206 Å². The van der Waals surface area contributed by atoms with Crippen LogP contribution < -0.4 is 14.8 Å². The van der Waals surface area contributed by atoms with E-state index in [1.165, 1.54) is 11.3 Å². The van der Waals surface area contributed by atoms with E-state index in [-0.39, 0.29) is 11.9 Å². The third-order valence-corrected chi connectivity index (χ3v) is 7.73. The topological polar surface area (TPSA) is 86.3 Å². The SMILES string of the molecule is COc1ccc2nc(NC(=O)c3ccc([C@H](N[S@@+]([O-])C(C)(C)C)c4ccccc4)cc3)sc2c1. The minimum Gasteiger partial charge on any atom is -0.598 e. The van der Waals surface area contributed by atoms with Crippen LogP contribution in [0, 0.1) is 0 Å². The van der Waals surface area contributed by atoms with Crippen molar-refractivity contribution < 1.29 is 14.1 Å². The van der Waals surface area contributed by atoms with E-state index < -0.39 is 16.1 Å². The van der Waals surface area contributed by atoms with E-state index in [1.54, 1.807) is 19.2 Å². The molecule has 0 fully saturated rings. The van der Waals surface area contributed by atoms with E-state index in [0.717, 1.165) is 27.1 Å². The summed E-state index contributed by atoms with van der Waals surface area (Å²) in [4.78, 5) is 17.3. The summed E-state index contributed by atoms with van der Waals surface area (Å²) in [6.07, 6.45) is 0. The Bertz CT molecular complexity index is 1270. The molecule has 0 bridgehead atoms. The summed E-state index contributed by atoms with van der Waals surface area (Å²) >= 11 is 0.133. The number of ether oxygens (including phenoxy) is 1. The Kier molecular flexibility index (Phi) is 7.23. The minimum absolute atomic E-state index is 0.236. The fraction of sp³-hybridized carbons (Fsp3) is 0.231. The van der Waals surface area contributed by atoms with Crippen molar-refractivity contribution in [2.24, 2.45) is 0 Å². The molecule has 34 heavy (non-hydrogen) atoms. The average molecular weight is 494 g/mol. The Morgan fingerprint density at radius 1 is 1.03 bits per heavy atom. The van der Waals surface area contributed by atoms with Crippen LogP contribution >= 0.6 is 11.3 Å². The first-order valence-electron chi connectivity index (χ1n) is 10.8. The molecule has 0 spiro atoms. The monoisotopic (exact) mass is 493 g/mol. The quantitative estimate of drug-likeness (QED) is 0.323. The highest BCUT2D eigenvalue weighted by Crippen LogP contribution is 2.30. The predicted octanol–water partition coefficient (Wildman–Crippen LogP) is 5.70. The number of rotatable bonds is 7. The number of amides is 1. The van der Waals surface area contributed by atoms with Crippen LogP contribution in [-0.2, 0) is 11.4 Å². The standard InChI is InChI=1S/C26H27N3O3S2/c1-26(2,3)34(31)29-23(17-8-6-5-7-9-17)18-10-12-19(13-11-18)24(30)28-25-27-21-15-14-20(32-4)16-22(21)33-25/h5-16,23,29H,1-4H3,(H,27,28,30)/t23-,34+/m1/s1. The van der Waals surface area contributed by atoms with Crippen molar-refractivity contribution in [3.05, 3.63) is 89.5 Å². The van der Waals surface area contributed by atoms with Gasteiger partial charge in [-0.3, -0.25) is 10.1 Å². The van der Waals surface area contributed by atoms with Crippen molar-refractivity contribution >= 4 is 44.0 Å². The van der Waals surface area contributed by atoms with Crippen molar-refractivity contribution in [2.75, 3.05) is 12.4 Å². The zero-order chi connectivity index (χ0) is 24.3. The van der Waals surface area contributed by atoms with Crippen LogP contribution in [0.25, 0.3) is 10.2 Å². The molecule has 0 saturated carbocycles. The maximum absolute atomic E-state index is 12.8. The van der Waals surface area contributed by atoms with Gasteiger partial charge < -0.3 is 9.29 Å². The second kappa shape index (κ2) is 10.1. The lowest BCUT2D eigenvalue weighted by Gasteiger charge is -2.28. The Balaban J connectivity index is 1.53. The molecule has 1 aromatic heterocycles. The summed E-state index contributed by atoms with van der Waals surface area (Å²) < 4.78 is 21.9. The molecule has 2 atom stereocenters. The number of thiazole rings is 1. The lowest BCUT2D eigenvalue weighted by atomic mass is 9.98. The molecule has 1 heterocycles. The molecule has 0 unspecified atom stereocenters. The van der Waals surface area contributed by atoms with Crippen LogP contribution in [0.4, 0.5) is 5.13 Å². The van der Waals surface area contributed by atoms with Gasteiger partial charge in [-0.1, -0.05) is 53.8 Å². The van der Waals surface area contributed by atoms with Gasteiger partial charge in [0.1, 0.15) is 16.5 Å². The molecule has 0 radical (unpaired) electrons. The highest BCUT2D eigenvalue weighted by molar-refractivity contribution is 7.90. The van der Waals surface area contributed by atoms with Crippen molar-refractivity contribution in [2.45, 2.75) is 31.6 Å². The summed E-state index contributed by atoms with van der Waals surface area (Å²) in [5, 5.41) is 3.41. The number of hydrogen-bond donors (Lipinski definition) is 2. The van der Waals surface area contributed by atoms with Crippen LogP contribution in [0.5, 0.6) is 5.75 Å². The van der Waals surface area contributed by atoms with Gasteiger partial charge in [0.2, 0.25) is 0 Å². The van der Waals surface area contributed by atoms with Crippen molar-refractivity contribution in [3.63, 3.8) is 0 Å². The van der Waals surface area contributed by atoms with E-state index in [2.05, 4.69) is 15.0 Å². The largest absolute Gasteiger partial charge is 0.598 e. The number of hydrogen-bond acceptors (Lipinski definition) is 6. The van der Waals surface area contributed by atoms with Gasteiger partial charge >= 0.3 is 0 Å². The zero-order valence-electron chi connectivity index (χ0n) is 19.5. The maximum atomic E-state index is 12.8. The second-order valence-corrected chi connectivity index (χ2v) is 11.8. The van der Waals surface area contributed by atoms with Crippen LogP contribution in [0.3, 0.4) is 0 Å². The second-order valence-electron chi connectivity index (χ2n) is 8.77. The number of benzene rings is 3. The van der Waals surface area contributed by atoms with Gasteiger partial charge in [-0.2, -0.15) is 0 Å². The molecule has 0 aliphatic rings. The van der Waals surface area contributed by atoms with Gasteiger partial charge in [-0.05, 0) is 62.2 Å². The number of fused-ring (bicyclic) bond motifs is 1. The predicted molar refractivity (Wildman–Crippen MR) is 140 cm³/mol. The molecule has 0 saturated heterocycles. The molecular weight excluding hydrogens is 466 g/mol. The van der Waals surface area contributed by atoms with Gasteiger partial charge in [-0.15, -0.1) is 4.72 Å². The average Bonchev–Trinajstić information content (AvgIpc) is 3.23. The fourth-order valence-corrected chi connectivity index (χ4v) is 5.07. The molecule has 6 nitrogen and oxygen atoms in total. The lowest BCUT2D eigenvalue weighted by molar-refractivity contribution is 0.102. The molecule has 4 rings (SSSR count). The van der Waals surface area contributed by atoms with E-state index in [4.69, 9.17) is 4.74 Å². The first kappa shape index (κ1) is 24.2. The minimum atomic E-state index is -1.26. The lowest BCUT2D eigenvalue weighted by Crippen LogP contribution is -2.41. The van der Waals surface area contributed by atoms with Crippen molar-refractivity contribution in [1.29, 1.82) is 0 Å². The van der Waals surface area contributed by atoms with Gasteiger partial charge in [0, 0.05) is 16.9 Å². The van der Waals surface area contributed by atoms with Crippen LogP contribution in [0.1, 0.15) is 48.3 Å². The number of nitrogens with one attached hydrogen (secondary N) is 2. The number of nitrogens with zero attached hydrogens (tertiary/aromatic N) is 1. The van der Waals surface area contributed by atoms with Crippen LogP contribution in [0.15, 0.2) is 72.8 Å². The number of aromatic nitrogens is 1. The van der Waals surface area contributed by atoms with E-state index >= 15 is 0 Å². The molecule has 0 aliphatic carbocycles. The van der Waals surface area contributed by atoms with Gasteiger partial charge in [0.05, 0.1) is 17.3 Å². The maximum Gasteiger partial charge on any atom is 0.257 e. The van der Waals surface area contributed by atoms with Gasteiger partial charge in [-0.25, -0.2) is 4.98 Å². The van der Waals surface area contributed by atoms with Crippen LogP contribution in [0.2, 0.25) is 0 Å². The number of methoxy groups -OCH3 is 1. The van der Waals surface area contributed by atoms with E-state index in [0.29, 0.717) is 10.7 Å². The summed E-state index contributed by atoms with van der Waals surface area (Å²) in [5.41, 5.74) is 3.25. The first-order chi connectivity index (χ1) is 16.2. The normalized spacial score (nSPS) is 13.4. The summed E-state index contributed by atoms with van der Waals surface area (Å²) in [6, 6.07) is 22.5. The number of anilines is 1. The van der Waals surface area contributed by atoms with E-state index in [9.17, 15) is 9.35 Å². The Morgan fingerprint density at radius 3 is 2.35 bits per heavy atom. The Morgan fingerprint density at radius 2 is 1.71 bits per heavy atom. The molecule has 2 N–H and O–H groups in total. The van der Waals surface area contributed by atoms with Gasteiger partial charge in [0.25, 0.3) is 5.91 Å². The van der Waals surface area contributed by atoms with Crippen LogP contribution in [-0.4, -0.2) is 27.3 Å². The molecular formula is C26H27N3O3S2. The van der Waals surface area contributed by atoms with E-state index in [1.807, 2.05) is 81.4 Å². The number of carbonyl (C=O) groups excluding carboxylic acids is 1. The molecule has 3 aromatic carbocycles. The first-order valence-corrected chi connectivity index (χ1v) is 12.8. The summed E-state index contributed by atoms with van der Waals surface area (Å²) in [5.74, 6) is 0.513. The number of carbonyl (C=O) groups is 1. The van der Waals surface area contributed by atoms with Crippen molar-refractivity contribution in [1.82, 2.24) is 9.71 Å². The molecule has 1 amide bonds. The third-order valence-electron chi connectivity index (χ3n) is 5.24. The smallest absolute Gasteiger partial charge is 0.257 e. The molecule has 176 valence electrons. The zero-order valence-corrected chi connectivity index (χ0v) is 21.1. The Hall–Kier alpha value is -2.91. The highest BCUT2D eigenvalue weighted by atomic mass is 32.2. The fourth-order valence-electron chi connectivity index (χ4n) is 3.34. The van der Waals surface area contributed by atoms with Gasteiger partial charge in [0.15, 0.2) is 5.13 Å². The van der Waals surface area contributed by atoms with Crippen molar-refractivity contribution in [3.8, 4) is 5.75 Å². The summed E-state index contributed by atoms with van der Waals surface area (Å²) in [7, 11) is 1.62. The summed E-state index contributed by atoms with van der Waals surface area (Å²) in [6.45, 7) is 5.80. The third kappa shape index (κ3) is 5.59.